The first kappa shape index (κ1) is 14.2. The van der Waals surface area contributed by atoms with E-state index in [9.17, 15) is 9.90 Å². The molecule has 2 bridgehead atoms. The van der Waals surface area contributed by atoms with Gasteiger partial charge in [-0.25, -0.2) is 9.78 Å². The largest absolute Gasteiger partial charge is 0.474 e. The Labute approximate surface area is 124 Å². The van der Waals surface area contributed by atoms with Crippen LogP contribution in [0.5, 0.6) is 5.88 Å². The van der Waals surface area contributed by atoms with Gasteiger partial charge in [0.05, 0.1) is 0 Å². The molecule has 5 nitrogen and oxygen atoms in total. The second-order valence-electron chi connectivity index (χ2n) is 6.37. The zero-order chi connectivity index (χ0) is 15.0. The molecule has 3 heterocycles. The normalized spacial score (nSPS) is 28.0. The molecule has 0 radical (unpaired) electrons. The van der Waals surface area contributed by atoms with Gasteiger partial charge in [-0.3, -0.25) is 0 Å². The molecule has 2 unspecified atom stereocenters. The van der Waals surface area contributed by atoms with Crippen molar-refractivity contribution in [2.75, 3.05) is 0 Å². The fourth-order valence-electron chi connectivity index (χ4n) is 3.55. The maximum absolute atomic E-state index is 11.3. The van der Waals surface area contributed by atoms with E-state index < -0.39 is 6.09 Å². The monoisotopic (exact) mass is 290 g/mol. The van der Waals surface area contributed by atoms with Crippen molar-refractivity contribution in [3.05, 3.63) is 23.9 Å². The van der Waals surface area contributed by atoms with Crippen molar-refractivity contribution in [3.63, 3.8) is 0 Å². The summed E-state index contributed by atoms with van der Waals surface area (Å²) in [6.45, 7) is 4.29. The molecule has 1 aromatic rings. The minimum absolute atomic E-state index is 0.0769. The molecule has 1 aromatic heterocycles. The molecule has 0 spiro atoms. The van der Waals surface area contributed by atoms with Gasteiger partial charge in [-0.05, 0) is 30.4 Å². The Hall–Kier alpha value is -1.78. The Kier molecular flexibility index (Phi) is 3.74. The lowest BCUT2D eigenvalue weighted by molar-refractivity contribution is 0.0476. The van der Waals surface area contributed by atoms with Gasteiger partial charge in [0.1, 0.15) is 6.10 Å². The highest BCUT2D eigenvalue weighted by atomic mass is 16.5. The number of piperidine rings is 1. The molecule has 1 N–H and O–H groups in total. The quantitative estimate of drug-likeness (QED) is 0.928. The summed E-state index contributed by atoms with van der Waals surface area (Å²) in [5, 5.41) is 9.27. The summed E-state index contributed by atoms with van der Waals surface area (Å²) in [4.78, 5) is 17.2. The van der Waals surface area contributed by atoms with Crippen molar-refractivity contribution < 1.29 is 14.6 Å². The number of fused-ring (bicyclic) bond motifs is 2. The van der Waals surface area contributed by atoms with Crippen LogP contribution in [0.3, 0.4) is 0 Å². The van der Waals surface area contributed by atoms with Gasteiger partial charge in [-0.15, -0.1) is 0 Å². The van der Waals surface area contributed by atoms with Crippen LogP contribution in [0.25, 0.3) is 0 Å². The van der Waals surface area contributed by atoms with Crippen LogP contribution in [-0.4, -0.2) is 39.3 Å². The van der Waals surface area contributed by atoms with E-state index in [1.54, 1.807) is 11.1 Å². The maximum atomic E-state index is 11.3. The number of hydrogen-bond acceptors (Lipinski definition) is 3. The number of carbonyl (C=O) groups is 1. The molecule has 2 atom stereocenters. The van der Waals surface area contributed by atoms with E-state index in [1.807, 2.05) is 12.1 Å². The zero-order valence-corrected chi connectivity index (χ0v) is 12.5. The Morgan fingerprint density at radius 3 is 2.62 bits per heavy atom. The lowest BCUT2D eigenvalue weighted by Crippen LogP contribution is -2.48. The predicted molar refractivity (Wildman–Crippen MR) is 78.6 cm³/mol. The highest BCUT2D eigenvalue weighted by molar-refractivity contribution is 5.66. The Bertz CT molecular complexity index is 518. The summed E-state index contributed by atoms with van der Waals surface area (Å²) < 4.78 is 6.02. The van der Waals surface area contributed by atoms with E-state index in [-0.39, 0.29) is 18.2 Å². The molecule has 5 heteroatoms. The third kappa shape index (κ3) is 2.82. The van der Waals surface area contributed by atoms with E-state index in [2.05, 4.69) is 18.8 Å². The number of pyridine rings is 1. The highest BCUT2D eigenvalue weighted by Crippen LogP contribution is 2.37. The van der Waals surface area contributed by atoms with E-state index in [0.717, 1.165) is 25.7 Å². The van der Waals surface area contributed by atoms with Crippen molar-refractivity contribution in [2.45, 2.75) is 63.6 Å². The number of amides is 1. The van der Waals surface area contributed by atoms with Gasteiger partial charge in [-0.1, -0.05) is 13.8 Å². The van der Waals surface area contributed by atoms with Crippen LogP contribution in [0.2, 0.25) is 0 Å². The van der Waals surface area contributed by atoms with Crippen LogP contribution in [-0.2, 0) is 0 Å². The van der Waals surface area contributed by atoms with E-state index in [1.165, 1.54) is 5.56 Å². The fraction of sp³-hybridized carbons (Fsp3) is 0.625. The summed E-state index contributed by atoms with van der Waals surface area (Å²) >= 11 is 0. The second-order valence-corrected chi connectivity index (χ2v) is 6.37. The van der Waals surface area contributed by atoms with E-state index in [4.69, 9.17) is 4.74 Å². The van der Waals surface area contributed by atoms with Crippen LogP contribution in [0.1, 0.15) is 51.0 Å². The van der Waals surface area contributed by atoms with Gasteiger partial charge in [0.2, 0.25) is 5.88 Å². The van der Waals surface area contributed by atoms with Gasteiger partial charge in [0, 0.05) is 37.2 Å². The standard InChI is InChI=1S/C16H22N2O3/c1-10(2)11-5-6-17-15(7-11)21-14-8-12-3-4-13(9-14)18(12)16(19)20/h5-7,10,12-14H,3-4,8-9H2,1-2H3,(H,19,20). The first-order chi connectivity index (χ1) is 10.0. The molecule has 2 aliphatic rings. The van der Waals surface area contributed by atoms with Gasteiger partial charge >= 0.3 is 6.09 Å². The number of rotatable bonds is 3. The van der Waals surface area contributed by atoms with Crippen LogP contribution in [0, 0.1) is 0 Å². The minimum Gasteiger partial charge on any atom is -0.474 e. The number of nitrogens with zero attached hydrogens (tertiary/aromatic N) is 2. The molecule has 0 aliphatic carbocycles. The average molecular weight is 290 g/mol. The Morgan fingerprint density at radius 2 is 2.05 bits per heavy atom. The smallest absolute Gasteiger partial charge is 0.407 e. The van der Waals surface area contributed by atoms with Gasteiger partial charge in [0.25, 0.3) is 0 Å². The van der Waals surface area contributed by atoms with Crippen molar-refractivity contribution >= 4 is 6.09 Å². The molecule has 114 valence electrons. The van der Waals surface area contributed by atoms with Crippen LogP contribution < -0.4 is 4.74 Å². The first-order valence-electron chi connectivity index (χ1n) is 7.68. The highest BCUT2D eigenvalue weighted by Gasteiger charge is 2.44. The lowest BCUT2D eigenvalue weighted by Gasteiger charge is -2.36. The SMILES string of the molecule is CC(C)c1ccnc(OC2CC3CCC(C2)N3C(=O)O)c1. The van der Waals surface area contributed by atoms with Crippen LogP contribution in [0.4, 0.5) is 4.79 Å². The van der Waals surface area contributed by atoms with Crippen molar-refractivity contribution in [3.8, 4) is 5.88 Å². The lowest BCUT2D eigenvalue weighted by atomic mass is 10.00. The summed E-state index contributed by atoms with van der Waals surface area (Å²) in [6, 6.07) is 4.23. The number of carboxylic acid groups (broad SMARTS) is 1. The molecule has 2 aliphatic heterocycles. The van der Waals surface area contributed by atoms with Gasteiger partial charge in [0.15, 0.2) is 0 Å². The predicted octanol–water partition coefficient (Wildman–Crippen LogP) is 3.26. The third-order valence-electron chi connectivity index (χ3n) is 4.62. The third-order valence-corrected chi connectivity index (χ3v) is 4.62. The average Bonchev–Trinajstić information content (AvgIpc) is 2.71. The summed E-state index contributed by atoms with van der Waals surface area (Å²) in [5.41, 5.74) is 1.21. The molecule has 0 saturated carbocycles. The van der Waals surface area contributed by atoms with Crippen LogP contribution in [0.15, 0.2) is 18.3 Å². The summed E-state index contributed by atoms with van der Waals surface area (Å²) in [6.07, 6.45) is 4.53. The number of hydrogen-bond donors (Lipinski definition) is 1. The maximum Gasteiger partial charge on any atom is 0.407 e. The topological polar surface area (TPSA) is 62.7 Å². The second kappa shape index (κ2) is 5.54. The molecule has 1 amide bonds. The van der Waals surface area contributed by atoms with Gasteiger partial charge < -0.3 is 14.7 Å². The Morgan fingerprint density at radius 1 is 1.38 bits per heavy atom. The van der Waals surface area contributed by atoms with Gasteiger partial charge in [-0.2, -0.15) is 0 Å². The molecule has 2 fully saturated rings. The van der Waals surface area contributed by atoms with Crippen molar-refractivity contribution in [1.29, 1.82) is 0 Å². The van der Waals surface area contributed by atoms with E-state index >= 15 is 0 Å². The molecule has 21 heavy (non-hydrogen) atoms. The molecular weight excluding hydrogens is 268 g/mol. The number of aromatic nitrogens is 1. The fourth-order valence-corrected chi connectivity index (χ4v) is 3.55. The summed E-state index contributed by atoms with van der Waals surface area (Å²) in [5.74, 6) is 1.11. The summed E-state index contributed by atoms with van der Waals surface area (Å²) in [7, 11) is 0. The molecular formula is C16H22N2O3. The molecule has 0 aromatic carbocycles. The van der Waals surface area contributed by atoms with E-state index in [0.29, 0.717) is 11.8 Å². The van der Waals surface area contributed by atoms with Crippen molar-refractivity contribution in [2.24, 2.45) is 0 Å². The Balaban J connectivity index is 1.68. The van der Waals surface area contributed by atoms with Crippen LogP contribution >= 0.6 is 0 Å². The number of ether oxygens (including phenoxy) is 1. The van der Waals surface area contributed by atoms with Crippen molar-refractivity contribution in [1.82, 2.24) is 9.88 Å². The zero-order valence-electron chi connectivity index (χ0n) is 12.5. The first-order valence-corrected chi connectivity index (χ1v) is 7.68. The minimum atomic E-state index is -0.791. The molecule has 3 rings (SSSR count). The molecule has 2 saturated heterocycles.